The van der Waals surface area contributed by atoms with E-state index in [1.165, 1.54) is 12.2 Å². The fourth-order valence-electron chi connectivity index (χ4n) is 0.866. The highest BCUT2D eigenvalue weighted by atomic mass is 19.4. The lowest BCUT2D eigenvalue weighted by Gasteiger charge is -2.22. The summed E-state index contributed by atoms with van der Waals surface area (Å²) in [5, 5.41) is 0. The smallest absolute Gasteiger partial charge is 0.332 e. The molecule has 0 N–H and O–H groups in total. The van der Waals surface area contributed by atoms with Gasteiger partial charge >= 0.3 is 6.18 Å². The zero-order chi connectivity index (χ0) is 12.1. The summed E-state index contributed by atoms with van der Waals surface area (Å²) in [5.41, 5.74) is 0. The van der Waals surface area contributed by atoms with Gasteiger partial charge in [-0.05, 0) is 0 Å². The molecule has 0 aromatic rings. The van der Waals surface area contributed by atoms with E-state index < -0.39 is 18.3 Å². The lowest BCUT2D eigenvalue weighted by atomic mass is 10.3. The van der Waals surface area contributed by atoms with Crippen LogP contribution in [0.3, 0.4) is 0 Å². The zero-order valence-corrected chi connectivity index (χ0v) is 7.93. The molecule has 0 aliphatic carbocycles. The van der Waals surface area contributed by atoms with E-state index in [0.29, 0.717) is 4.90 Å². The normalized spacial score (nSPS) is 13.1. The second-order valence-electron chi connectivity index (χ2n) is 2.72. The molecule has 86 valence electrons. The van der Waals surface area contributed by atoms with Crippen LogP contribution in [0.5, 0.6) is 0 Å². The van der Waals surface area contributed by atoms with Gasteiger partial charge in [0.15, 0.2) is 0 Å². The van der Waals surface area contributed by atoms with Crippen molar-refractivity contribution < 1.29 is 22.4 Å². The minimum Gasteiger partial charge on any atom is -0.332 e. The first-order valence-electron chi connectivity index (χ1n) is 4.06. The first-order valence-corrected chi connectivity index (χ1v) is 4.06. The number of carbonyl (C=O) groups is 1. The van der Waals surface area contributed by atoms with E-state index in [-0.39, 0.29) is 13.1 Å². The monoisotopic (exact) mass is 225 g/mol. The van der Waals surface area contributed by atoms with E-state index in [0.717, 1.165) is 0 Å². The maximum absolute atomic E-state index is 12.6. The van der Waals surface area contributed by atoms with Crippen LogP contribution in [0, 0.1) is 0 Å². The number of amides is 1. The van der Waals surface area contributed by atoms with E-state index in [9.17, 15) is 22.4 Å². The molecule has 0 aromatic heterocycles. The van der Waals surface area contributed by atoms with Gasteiger partial charge < -0.3 is 4.90 Å². The van der Waals surface area contributed by atoms with E-state index in [4.69, 9.17) is 0 Å². The van der Waals surface area contributed by atoms with Crippen LogP contribution in [0.4, 0.5) is 17.6 Å². The maximum Gasteiger partial charge on any atom is 0.428 e. The number of nitrogens with zero attached hydrogens (tertiary/aromatic N) is 1. The maximum atomic E-state index is 12.6. The van der Waals surface area contributed by atoms with Gasteiger partial charge in [0.2, 0.25) is 0 Å². The largest absolute Gasteiger partial charge is 0.428 e. The van der Waals surface area contributed by atoms with Crippen LogP contribution in [0.25, 0.3) is 0 Å². The molecule has 0 aliphatic rings. The molecular weight excluding hydrogens is 214 g/mol. The number of rotatable bonds is 5. The van der Waals surface area contributed by atoms with Gasteiger partial charge in [-0.15, -0.1) is 13.2 Å². The Balaban J connectivity index is 4.62. The third-order valence-electron chi connectivity index (χ3n) is 1.51. The van der Waals surface area contributed by atoms with E-state index in [1.54, 1.807) is 0 Å². The van der Waals surface area contributed by atoms with Crippen molar-refractivity contribution in [1.29, 1.82) is 0 Å². The molecule has 1 amide bonds. The van der Waals surface area contributed by atoms with Crippen LogP contribution in [0.2, 0.25) is 0 Å². The van der Waals surface area contributed by atoms with Gasteiger partial charge in [-0.25, -0.2) is 4.39 Å². The van der Waals surface area contributed by atoms with Crippen molar-refractivity contribution in [2.75, 3.05) is 13.1 Å². The highest BCUT2D eigenvalue weighted by Crippen LogP contribution is 2.24. The Hall–Kier alpha value is -1.33. The molecule has 0 fully saturated rings. The molecule has 15 heavy (non-hydrogen) atoms. The molecule has 0 aliphatic heterocycles. The van der Waals surface area contributed by atoms with Gasteiger partial charge in [0.05, 0.1) is 0 Å². The van der Waals surface area contributed by atoms with Crippen molar-refractivity contribution in [3.05, 3.63) is 25.3 Å². The van der Waals surface area contributed by atoms with E-state index in [2.05, 4.69) is 13.2 Å². The summed E-state index contributed by atoms with van der Waals surface area (Å²) in [4.78, 5) is 11.7. The van der Waals surface area contributed by atoms with Gasteiger partial charge in [0, 0.05) is 13.1 Å². The Morgan fingerprint density at radius 3 is 1.93 bits per heavy atom. The summed E-state index contributed by atoms with van der Waals surface area (Å²) in [6.45, 7) is 6.21. The van der Waals surface area contributed by atoms with Crippen LogP contribution in [-0.4, -0.2) is 36.2 Å². The van der Waals surface area contributed by atoms with Crippen molar-refractivity contribution in [3.63, 3.8) is 0 Å². The molecule has 2 nitrogen and oxygen atoms in total. The Kier molecular flexibility index (Phi) is 5.04. The molecule has 1 unspecified atom stereocenters. The second kappa shape index (κ2) is 5.53. The van der Waals surface area contributed by atoms with Gasteiger partial charge in [0.1, 0.15) is 0 Å². The van der Waals surface area contributed by atoms with Crippen LogP contribution < -0.4 is 0 Å². The Morgan fingerprint density at radius 2 is 1.67 bits per heavy atom. The number of hydrogen-bond acceptors (Lipinski definition) is 1. The Bertz CT molecular complexity index is 239. The molecule has 0 saturated carbocycles. The van der Waals surface area contributed by atoms with Gasteiger partial charge in [-0.2, -0.15) is 13.2 Å². The first kappa shape index (κ1) is 13.7. The van der Waals surface area contributed by atoms with Gasteiger partial charge in [-0.3, -0.25) is 4.79 Å². The molecule has 0 saturated heterocycles. The average Bonchev–Trinajstić information content (AvgIpc) is 2.14. The summed E-state index contributed by atoms with van der Waals surface area (Å²) < 4.78 is 48.2. The lowest BCUT2D eigenvalue weighted by molar-refractivity contribution is -0.192. The van der Waals surface area contributed by atoms with Crippen molar-refractivity contribution in [2.45, 2.75) is 12.3 Å². The third-order valence-corrected chi connectivity index (χ3v) is 1.51. The molecular formula is C9H11F4NO. The summed E-state index contributed by atoms with van der Waals surface area (Å²) in [7, 11) is 0. The minimum atomic E-state index is -5.17. The third kappa shape index (κ3) is 4.14. The number of halogens is 4. The fourth-order valence-corrected chi connectivity index (χ4v) is 0.866. The topological polar surface area (TPSA) is 20.3 Å². The van der Waals surface area contributed by atoms with Crippen LogP contribution in [0.1, 0.15) is 0 Å². The minimum absolute atomic E-state index is 0.151. The standard InChI is InChI=1S/C9H11F4NO/c1-3-5-14(6-4-2)8(15)7(10)9(11,12)13/h3-4,7H,1-2,5-6H2. The Labute approximate surface area is 84.9 Å². The predicted octanol–water partition coefficient (Wildman–Crippen LogP) is 2.09. The van der Waals surface area contributed by atoms with E-state index >= 15 is 0 Å². The molecule has 0 spiro atoms. The fraction of sp³-hybridized carbons (Fsp3) is 0.444. The van der Waals surface area contributed by atoms with E-state index in [1.807, 2.05) is 0 Å². The van der Waals surface area contributed by atoms with Crippen molar-refractivity contribution in [1.82, 2.24) is 4.90 Å². The van der Waals surface area contributed by atoms with Crippen molar-refractivity contribution in [2.24, 2.45) is 0 Å². The Morgan fingerprint density at radius 1 is 1.27 bits per heavy atom. The highest BCUT2D eigenvalue weighted by Gasteiger charge is 2.46. The molecule has 0 bridgehead atoms. The summed E-state index contributed by atoms with van der Waals surface area (Å²) in [5.74, 6) is -1.62. The van der Waals surface area contributed by atoms with Crippen molar-refractivity contribution in [3.8, 4) is 0 Å². The molecule has 6 heteroatoms. The average molecular weight is 225 g/mol. The summed E-state index contributed by atoms with van der Waals surface area (Å²) in [6, 6.07) is 0. The molecule has 0 heterocycles. The molecule has 0 aromatic carbocycles. The number of carbonyl (C=O) groups excluding carboxylic acids is 1. The SMILES string of the molecule is C=CCN(CC=C)C(=O)C(F)C(F)(F)F. The van der Waals surface area contributed by atoms with Gasteiger partial charge in [0.25, 0.3) is 12.1 Å². The summed E-state index contributed by atoms with van der Waals surface area (Å²) >= 11 is 0. The first-order chi connectivity index (χ1) is 6.84. The second-order valence-corrected chi connectivity index (χ2v) is 2.72. The van der Waals surface area contributed by atoms with Gasteiger partial charge in [-0.1, -0.05) is 12.2 Å². The number of alkyl halides is 4. The highest BCUT2D eigenvalue weighted by molar-refractivity contribution is 5.81. The van der Waals surface area contributed by atoms with Crippen LogP contribution >= 0.6 is 0 Å². The molecule has 1 atom stereocenters. The molecule has 0 rings (SSSR count). The predicted molar refractivity (Wildman–Crippen MR) is 47.9 cm³/mol. The van der Waals surface area contributed by atoms with Crippen molar-refractivity contribution >= 4 is 5.91 Å². The van der Waals surface area contributed by atoms with Crippen LogP contribution in [0.15, 0.2) is 25.3 Å². The zero-order valence-electron chi connectivity index (χ0n) is 7.93. The lowest BCUT2D eigenvalue weighted by Crippen LogP contribution is -2.44. The number of hydrogen-bond donors (Lipinski definition) is 0. The quantitative estimate of drug-likeness (QED) is 0.518. The van der Waals surface area contributed by atoms with Crippen LogP contribution in [-0.2, 0) is 4.79 Å². The summed E-state index contributed by atoms with van der Waals surface area (Å²) in [6.07, 6.45) is -6.23. The molecule has 0 radical (unpaired) electrons.